The largest absolute Gasteiger partial charge is 0.466 e. The zero-order valence-electron chi connectivity index (χ0n) is 20.2. The third kappa shape index (κ3) is 3.01. The van der Waals surface area contributed by atoms with Gasteiger partial charge in [-0.25, -0.2) is 0 Å². The lowest BCUT2D eigenvalue weighted by Gasteiger charge is -2.70. The van der Waals surface area contributed by atoms with Crippen LogP contribution in [0.25, 0.3) is 0 Å². The Hall–Kier alpha value is -0.770. The summed E-state index contributed by atoms with van der Waals surface area (Å²) in [4.78, 5) is 12.8. The molecule has 0 radical (unpaired) electrons. The van der Waals surface area contributed by atoms with Crippen LogP contribution in [0, 0.1) is 28.6 Å². The van der Waals surface area contributed by atoms with Crippen LogP contribution in [0.1, 0.15) is 72.6 Å². The maximum atomic E-state index is 12.8. The quantitative estimate of drug-likeness (QED) is 0.450. The van der Waals surface area contributed by atoms with Crippen molar-refractivity contribution in [1.29, 1.82) is 0 Å². The summed E-state index contributed by atoms with van der Waals surface area (Å²) in [6, 6.07) is 0. The fourth-order valence-electron chi connectivity index (χ4n) is 8.89. The number of hydrogen-bond donors (Lipinski definition) is 4. The highest BCUT2D eigenvalue weighted by molar-refractivity contribution is 5.74. The fraction of sp³-hybridized carbons (Fsp3) is 0.960. The van der Waals surface area contributed by atoms with Crippen molar-refractivity contribution in [2.75, 3.05) is 13.2 Å². The first-order valence-electron chi connectivity index (χ1n) is 12.6. The lowest BCUT2D eigenvalue weighted by atomic mass is 9.40. The topological polar surface area (TPSA) is 126 Å². The first-order chi connectivity index (χ1) is 15.3. The standard InChI is InChI=1S/C25H40O8/c1-5-31-20(28)16-7-9-25(30)15-6-8-23(29)11-14(26)10-18-24(23,13-32-21(2,3)33-18)19(15)17(27)12-22(16,25)4/h14-19,26-27,29-30H,5-13H2,1-4H3/t14-,15-,16+,17-,18+,19-,22+,23+,24+,25+/m1/s1. The number of carbonyl (C=O) groups excluding carboxylic acids is 1. The Morgan fingerprint density at radius 1 is 1.09 bits per heavy atom. The second kappa shape index (κ2) is 7.37. The van der Waals surface area contributed by atoms with Crippen molar-refractivity contribution in [2.24, 2.45) is 28.6 Å². The number of carbonyl (C=O) groups is 1. The molecular formula is C25H40O8. The van der Waals surface area contributed by atoms with Crippen LogP contribution in [0.4, 0.5) is 0 Å². The molecule has 0 bridgehead atoms. The van der Waals surface area contributed by atoms with E-state index >= 15 is 0 Å². The number of fused-ring (bicyclic) bond motifs is 3. The molecule has 10 atom stereocenters. The van der Waals surface area contributed by atoms with E-state index in [1.165, 1.54) is 0 Å². The third-order valence-electron chi connectivity index (χ3n) is 10.3. The fourth-order valence-corrected chi connectivity index (χ4v) is 8.89. The predicted molar refractivity (Wildman–Crippen MR) is 117 cm³/mol. The maximum Gasteiger partial charge on any atom is 0.309 e. The van der Waals surface area contributed by atoms with E-state index in [1.54, 1.807) is 6.92 Å². The molecule has 8 nitrogen and oxygen atoms in total. The van der Waals surface area contributed by atoms with Gasteiger partial charge in [-0.3, -0.25) is 4.79 Å². The number of aliphatic hydroxyl groups is 4. The summed E-state index contributed by atoms with van der Waals surface area (Å²) in [6.07, 6.45) is 0.587. The third-order valence-corrected chi connectivity index (χ3v) is 10.3. The summed E-state index contributed by atoms with van der Waals surface area (Å²) in [5, 5.41) is 46.6. The molecule has 1 spiro atoms. The minimum Gasteiger partial charge on any atom is -0.466 e. The molecule has 5 rings (SSSR count). The number of rotatable bonds is 2. The van der Waals surface area contributed by atoms with E-state index in [2.05, 4.69) is 0 Å². The van der Waals surface area contributed by atoms with Gasteiger partial charge in [0.15, 0.2) is 5.79 Å². The average molecular weight is 469 g/mol. The summed E-state index contributed by atoms with van der Waals surface area (Å²) < 4.78 is 17.8. The van der Waals surface area contributed by atoms with Gasteiger partial charge in [0.05, 0.1) is 54.1 Å². The minimum absolute atomic E-state index is 0.195. The van der Waals surface area contributed by atoms with Gasteiger partial charge >= 0.3 is 5.97 Å². The molecule has 5 fully saturated rings. The Labute approximate surface area is 195 Å². The van der Waals surface area contributed by atoms with E-state index < -0.39 is 58.0 Å². The molecule has 8 heteroatoms. The summed E-state index contributed by atoms with van der Waals surface area (Å²) in [7, 11) is 0. The zero-order chi connectivity index (χ0) is 24.0. The molecule has 0 aromatic rings. The SMILES string of the molecule is CCOC(=O)[C@@H]1CC[C@]2(O)[C@@H]3CC[C@]4(O)C[C@H](O)C[C@@H]5OC(C)(C)OC[C@@]54[C@H]3[C@H](O)C[C@@]12C. The highest BCUT2D eigenvalue weighted by atomic mass is 16.7. The molecule has 0 amide bonds. The number of hydrogen-bond acceptors (Lipinski definition) is 8. The molecule has 1 aliphatic heterocycles. The Bertz CT molecular complexity index is 816. The smallest absolute Gasteiger partial charge is 0.309 e. The molecule has 0 aromatic carbocycles. The number of esters is 1. The van der Waals surface area contributed by atoms with Gasteiger partial charge in [-0.1, -0.05) is 6.92 Å². The molecule has 5 aliphatic rings. The molecule has 1 heterocycles. The van der Waals surface area contributed by atoms with E-state index in [1.807, 2.05) is 20.8 Å². The molecule has 33 heavy (non-hydrogen) atoms. The lowest BCUT2D eigenvalue weighted by Crippen LogP contribution is -2.78. The van der Waals surface area contributed by atoms with Crippen LogP contribution in [0.3, 0.4) is 0 Å². The Balaban J connectivity index is 1.58. The highest BCUT2D eigenvalue weighted by Crippen LogP contribution is 2.71. The summed E-state index contributed by atoms with van der Waals surface area (Å²) in [5.74, 6) is -2.44. The van der Waals surface area contributed by atoms with Crippen molar-refractivity contribution < 1.29 is 39.4 Å². The van der Waals surface area contributed by atoms with Crippen molar-refractivity contribution in [2.45, 2.75) is 108 Å². The van der Waals surface area contributed by atoms with Crippen LogP contribution in [-0.2, 0) is 19.0 Å². The van der Waals surface area contributed by atoms with Gasteiger partial charge in [0, 0.05) is 24.2 Å². The van der Waals surface area contributed by atoms with Gasteiger partial charge in [0.25, 0.3) is 0 Å². The van der Waals surface area contributed by atoms with Gasteiger partial charge in [-0.05, 0) is 58.8 Å². The predicted octanol–water partition coefficient (Wildman–Crippen LogP) is 1.51. The molecule has 4 aliphatic carbocycles. The molecule has 4 N–H and O–H groups in total. The minimum atomic E-state index is -1.27. The normalized spacial score (nSPS) is 55.0. The van der Waals surface area contributed by atoms with E-state index in [4.69, 9.17) is 14.2 Å². The second-order valence-corrected chi connectivity index (χ2v) is 12.1. The van der Waals surface area contributed by atoms with Crippen LogP contribution < -0.4 is 0 Å². The molecule has 1 saturated heterocycles. The van der Waals surface area contributed by atoms with Crippen molar-refractivity contribution in [3.05, 3.63) is 0 Å². The monoisotopic (exact) mass is 468 g/mol. The summed E-state index contributed by atoms with van der Waals surface area (Å²) in [5.41, 5.74) is -4.19. The van der Waals surface area contributed by atoms with Crippen LogP contribution in [0.5, 0.6) is 0 Å². The summed E-state index contributed by atoms with van der Waals surface area (Å²) in [6.45, 7) is 7.81. The zero-order valence-corrected chi connectivity index (χ0v) is 20.2. The van der Waals surface area contributed by atoms with Crippen LogP contribution in [0.15, 0.2) is 0 Å². The maximum absolute atomic E-state index is 12.8. The van der Waals surface area contributed by atoms with E-state index in [0.29, 0.717) is 32.1 Å². The van der Waals surface area contributed by atoms with E-state index in [0.717, 1.165) is 0 Å². The van der Waals surface area contributed by atoms with E-state index in [-0.39, 0.29) is 37.9 Å². The Kier molecular flexibility index (Phi) is 5.35. The van der Waals surface area contributed by atoms with Gasteiger partial charge in [-0.15, -0.1) is 0 Å². The van der Waals surface area contributed by atoms with Gasteiger partial charge in [-0.2, -0.15) is 0 Å². The molecule has 188 valence electrons. The van der Waals surface area contributed by atoms with Crippen LogP contribution in [0.2, 0.25) is 0 Å². The van der Waals surface area contributed by atoms with Gasteiger partial charge in [0.2, 0.25) is 0 Å². The molecule has 4 saturated carbocycles. The number of aliphatic hydroxyl groups excluding tert-OH is 2. The molecule has 0 unspecified atom stereocenters. The molecule has 0 aromatic heterocycles. The van der Waals surface area contributed by atoms with Gasteiger partial charge < -0.3 is 34.6 Å². The Morgan fingerprint density at radius 3 is 2.52 bits per heavy atom. The Morgan fingerprint density at radius 2 is 1.82 bits per heavy atom. The molecular weight excluding hydrogens is 428 g/mol. The van der Waals surface area contributed by atoms with E-state index in [9.17, 15) is 25.2 Å². The first-order valence-corrected chi connectivity index (χ1v) is 12.6. The van der Waals surface area contributed by atoms with Crippen LogP contribution >= 0.6 is 0 Å². The van der Waals surface area contributed by atoms with Gasteiger partial charge in [0.1, 0.15) is 0 Å². The highest BCUT2D eigenvalue weighted by Gasteiger charge is 2.77. The van der Waals surface area contributed by atoms with Crippen molar-refractivity contribution in [1.82, 2.24) is 0 Å². The van der Waals surface area contributed by atoms with Crippen molar-refractivity contribution in [3.8, 4) is 0 Å². The van der Waals surface area contributed by atoms with Crippen LogP contribution in [-0.4, -0.2) is 74.9 Å². The van der Waals surface area contributed by atoms with Crippen molar-refractivity contribution in [3.63, 3.8) is 0 Å². The summed E-state index contributed by atoms with van der Waals surface area (Å²) >= 11 is 0. The second-order valence-electron chi connectivity index (χ2n) is 12.1. The van der Waals surface area contributed by atoms with Crippen molar-refractivity contribution >= 4 is 5.97 Å². The lowest BCUT2D eigenvalue weighted by molar-refractivity contribution is -0.401. The first kappa shape index (κ1) is 23.9. The average Bonchev–Trinajstić information content (AvgIpc) is 2.97. The number of ether oxygens (including phenoxy) is 3.